The maximum Gasteiger partial charge on any atom is 0.356 e. The maximum atomic E-state index is 11.1. The topological polar surface area (TPSA) is 106 Å². The summed E-state index contributed by atoms with van der Waals surface area (Å²) in [6.07, 6.45) is 4.81. The Morgan fingerprint density at radius 2 is 2.24 bits per heavy atom. The second kappa shape index (κ2) is 5.08. The third-order valence-electron chi connectivity index (χ3n) is 2.90. The zero-order valence-corrected chi connectivity index (χ0v) is 11.0. The summed E-state index contributed by atoms with van der Waals surface area (Å²) in [6, 6.07) is 4.90. The highest BCUT2D eigenvalue weighted by molar-refractivity contribution is 5.87. The monoisotopic (exact) mass is 285 g/mol. The number of methoxy groups -OCH3 is 1. The van der Waals surface area contributed by atoms with Crippen molar-refractivity contribution in [3.8, 4) is 22.8 Å². The average Bonchev–Trinajstić information content (AvgIpc) is 3.16. The van der Waals surface area contributed by atoms with Crippen LogP contribution < -0.4 is 4.74 Å². The van der Waals surface area contributed by atoms with Crippen LogP contribution in [-0.4, -0.2) is 43.1 Å². The summed E-state index contributed by atoms with van der Waals surface area (Å²) < 4.78 is 6.50. The van der Waals surface area contributed by atoms with Gasteiger partial charge in [-0.25, -0.2) is 14.5 Å². The first-order valence-corrected chi connectivity index (χ1v) is 6.02. The van der Waals surface area contributed by atoms with Crippen LogP contribution >= 0.6 is 0 Å². The van der Waals surface area contributed by atoms with E-state index < -0.39 is 5.97 Å². The average molecular weight is 285 g/mol. The number of H-pyrrole nitrogens is 1. The molecule has 0 radical (unpaired) electrons. The van der Waals surface area contributed by atoms with Crippen LogP contribution in [0.25, 0.3) is 16.9 Å². The highest BCUT2D eigenvalue weighted by atomic mass is 16.5. The molecule has 0 fully saturated rings. The summed E-state index contributed by atoms with van der Waals surface area (Å²) in [5, 5.41) is 19.8. The van der Waals surface area contributed by atoms with Crippen molar-refractivity contribution in [2.75, 3.05) is 7.11 Å². The van der Waals surface area contributed by atoms with Gasteiger partial charge in [0.15, 0.2) is 5.69 Å². The van der Waals surface area contributed by atoms with Crippen LogP contribution in [0, 0.1) is 0 Å². The van der Waals surface area contributed by atoms with Gasteiger partial charge in [-0.1, -0.05) is 0 Å². The van der Waals surface area contributed by atoms with Gasteiger partial charge in [0.2, 0.25) is 5.88 Å². The minimum atomic E-state index is -1.10. The molecule has 0 bridgehead atoms. The van der Waals surface area contributed by atoms with Gasteiger partial charge in [-0.3, -0.25) is 5.10 Å². The molecule has 106 valence electrons. The van der Waals surface area contributed by atoms with Crippen LogP contribution in [0.5, 0.6) is 5.88 Å². The Morgan fingerprint density at radius 3 is 2.81 bits per heavy atom. The lowest BCUT2D eigenvalue weighted by atomic mass is 10.2. The van der Waals surface area contributed by atoms with E-state index in [2.05, 4.69) is 20.3 Å². The number of carbonyl (C=O) groups is 1. The third-order valence-corrected chi connectivity index (χ3v) is 2.90. The Bertz CT molecular complexity index is 762. The molecule has 0 saturated carbocycles. The fraction of sp³-hybridized carbons (Fsp3) is 0.0769. The Kier molecular flexibility index (Phi) is 3.11. The van der Waals surface area contributed by atoms with E-state index in [0.29, 0.717) is 17.3 Å². The van der Waals surface area contributed by atoms with E-state index in [1.165, 1.54) is 17.9 Å². The minimum Gasteiger partial charge on any atom is -0.481 e. The number of aromatic amines is 1. The molecule has 0 amide bonds. The van der Waals surface area contributed by atoms with E-state index in [4.69, 9.17) is 9.84 Å². The molecule has 0 aliphatic heterocycles. The molecule has 3 heterocycles. The lowest BCUT2D eigenvalue weighted by Gasteiger charge is -2.06. The van der Waals surface area contributed by atoms with Gasteiger partial charge in [0.1, 0.15) is 0 Å². The first-order valence-electron chi connectivity index (χ1n) is 6.02. The molecule has 21 heavy (non-hydrogen) atoms. The molecular formula is C13H11N5O3. The molecular weight excluding hydrogens is 274 g/mol. The first kappa shape index (κ1) is 12.9. The van der Waals surface area contributed by atoms with Crippen molar-refractivity contribution in [1.82, 2.24) is 25.0 Å². The van der Waals surface area contributed by atoms with Crippen molar-refractivity contribution in [3.63, 3.8) is 0 Å². The molecule has 0 aliphatic rings. The Hall–Kier alpha value is -3.16. The first-order chi connectivity index (χ1) is 10.2. The van der Waals surface area contributed by atoms with Crippen molar-refractivity contribution in [2.45, 2.75) is 0 Å². The summed E-state index contributed by atoms with van der Waals surface area (Å²) in [5.41, 5.74) is 1.90. The second-order valence-electron chi connectivity index (χ2n) is 4.18. The van der Waals surface area contributed by atoms with Crippen molar-refractivity contribution in [2.24, 2.45) is 0 Å². The Labute approximate surface area is 119 Å². The standard InChI is InChI=1S/C13H11N5O3/c1-21-12-3-2-9(7-14-12)18-11(8-5-15-16-6-8)4-10(17-18)13(19)20/h2-7H,1H3,(H,15,16)(H,19,20). The number of nitrogens with zero attached hydrogens (tertiary/aromatic N) is 4. The normalized spacial score (nSPS) is 10.5. The molecule has 0 saturated heterocycles. The number of nitrogens with one attached hydrogen (secondary N) is 1. The number of pyridine rings is 1. The van der Waals surface area contributed by atoms with Gasteiger partial charge in [-0.05, 0) is 12.1 Å². The van der Waals surface area contributed by atoms with Gasteiger partial charge >= 0.3 is 5.97 Å². The predicted octanol–water partition coefficient (Wildman–Crippen LogP) is 1.36. The molecule has 3 aromatic heterocycles. The molecule has 0 aliphatic carbocycles. The molecule has 0 atom stereocenters. The SMILES string of the molecule is COc1ccc(-n2nc(C(=O)O)cc2-c2cn[nH]c2)cn1. The van der Waals surface area contributed by atoms with Gasteiger partial charge in [-0.2, -0.15) is 10.2 Å². The summed E-state index contributed by atoms with van der Waals surface area (Å²) in [7, 11) is 1.52. The fourth-order valence-electron chi connectivity index (χ4n) is 1.90. The second-order valence-corrected chi connectivity index (χ2v) is 4.18. The minimum absolute atomic E-state index is 0.0537. The van der Waals surface area contributed by atoms with Gasteiger partial charge in [0.05, 0.1) is 30.9 Å². The Balaban J connectivity index is 2.13. The predicted molar refractivity (Wildman–Crippen MR) is 72.5 cm³/mol. The molecule has 8 nitrogen and oxygen atoms in total. The molecule has 0 aromatic carbocycles. The van der Waals surface area contributed by atoms with Gasteiger partial charge in [-0.15, -0.1) is 0 Å². The zero-order valence-electron chi connectivity index (χ0n) is 11.0. The van der Waals surface area contributed by atoms with E-state index in [1.807, 2.05) is 0 Å². The lowest BCUT2D eigenvalue weighted by Crippen LogP contribution is -2.02. The van der Waals surface area contributed by atoms with Gasteiger partial charge in [0, 0.05) is 17.8 Å². The van der Waals surface area contributed by atoms with E-state index in [9.17, 15) is 4.79 Å². The molecule has 0 spiro atoms. The van der Waals surface area contributed by atoms with Gasteiger partial charge < -0.3 is 9.84 Å². The van der Waals surface area contributed by atoms with Crippen LogP contribution in [0.4, 0.5) is 0 Å². The van der Waals surface area contributed by atoms with Crippen LogP contribution in [0.3, 0.4) is 0 Å². The maximum absolute atomic E-state index is 11.1. The van der Waals surface area contributed by atoms with Crippen LogP contribution in [-0.2, 0) is 0 Å². The largest absolute Gasteiger partial charge is 0.481 e. The van der Waals surface area contributed by atoms with E-state index in [-0.39, 0.29) is 5.69 Å². The Morgan fingerprint density at radius 1 is 1.38 bits per heavy atom. The lowest BCUT2D eigenvalue weighted by molar-refractivity contribution is 0.0690. The quantitative estimate of drug-likeness (QED) is 0.749. The van der Waals surface area contributed by atoms with E-state index >= 15 is 0 Å². The summed E-state index contributed by atoms with van der Waals surface area (Å²) in [6.45, 7) is 0. The zero-order chi connectivity index (χ0) is 14.8. The number of carboxylic acids is 1. The molecule has 3 rings (SSSR count). The smallest absolute Gasteiger partial charge is 0.356 e. The van der Waals surface area contributed by atoms with Crippen molar-refractivity contribution < 1.29 is 14.6 Å². The number of carboxylic acid groups (broad SMARTS) is 1. The third kappa shape index (κ3) is 2.34. The number of rotatable bonds is 4. The molecule has 2 N–H and O–H groups in total. The summed E-state index contributed by atoms with van der Waals surface area (Å²) in [4.78, 5) is 15.2. The van der Waals surface area contributed by atoms with E-state index in [0.717, 1.165) is 5.56 Å². The molecule has 8 heteroatoms. The number of aromatic carboxylic acids is 1. The van der Waals surface area contributed by atoms with Crippen LogP contribution in [0.15, 0.2) is 36.8 Å². The highest BCUT2D eigenvalue weighted by Gasteiger charge is 2.16. The van der Waals surface area contributed by atoms with E-state index in [1.54, 1.807) is 30.7 Å². The fourth-order valence-corrected chi connectivity index (χ4v) is 1.90. The van der Waals surface area contributed by atoms with Gasteiger partial charge in [0.25, 0.3) is 0 Å². The highest BCUT2D eigenvalue weighted by Crippen LogP contribution is 2.23. The molecule has 0 unspecified atom stereocenters. The van der Waals surface area contributed by atoms with Crippen molar-refractivity contribution in [3.05, 3.63) is 42.5 Å². The summed E-state index contributed by atoms with van der Waals surface area (Å²) in [5.74, 6) is -0.630. The van der Waals surface area contributed by atoms with Crippen LogP contribution in [0.1, 0.15) is 10.5 Å². The number of aromatic nitrogens is 5. The van der Waals surface area contributed by atoms with Crippen molar-refractivity contribution in [1.29, 1.82) is 0 Å². The van der Waals surface area contributed by atoms with Crippen LogP contribution in [0.2, 0.25) is 0 Å². The number of hydrogen-bond acceptors (Lipinski definition) is 5. The summed E-state index contributed by atoms with van der Waals surface area (Å²) >= 11 is 0. The number of hydrogen-bond donors (Lipinski definition) is 2. The van der Waals surface area contributed by atoms with Crippen molar-refractivity contribution >= 4 is 5.97 Å². The molecule has 3 aromatic rings. The number of ether oxygens (including phenoxy) is 1.